The molecule has 5 rings (SSSR count). The zero-order valence-electron chi connectivity index (χ0n) is 27.8. The van der Waals surface area contributed by atoms with Crippen molar-refractivity contribution in [2.45, 2.75) is 69.0 Å². The number of nitrogens with one attached hydrogen (secondary N) is 1. The molecule has 1 saturated carbocycles. The summed E-state index contributed by atoms with van der Waals surface area (Å²) in [5, 5.41) is 0. The largest absolute Gasteiger partial charge is 0.307 e. The SMILES string of the molecule is C[C@H](C(=O)N(Cc1ccc(C2CCCCC2)cc1)c1ccc(C(=O)NOCc2ccccc2)cc1)N(C)S(=O)(=O)c1c(F)c(F)c(F)c(F)c1F. The molecule has 0 heterocycles. The predicted molar refractivity (Wildman–Crippen MR) is 179 cm³/mol. The highest BCUT2D eigenvalue weighted by Crippen LogP contribution is 2.33. The summed E-state index contributed by atoms with van der Waals surface area (Å²) in [7, 11) is -4.64. The molecule has 0 saturated heterocycles. The van der Waals surface area contributed by atoms with Gasteiger partial charge in [-0.3, -0.25) is 14.4 Å². The van der Waals surface area contributed by atoms with Crippen molar-refractivity contribution in [3.63, 3.8) is 0 Å². The third-order valence-corrected chi connectivity index (χ3v) is 11.0. The van der Waals surface area contributed by atoms with Gasteiger partial charge in [-0.1, -0.05) is 73.9 Å². The molecule has 0 aliphatic heterocycles. The predicted octanol–water partition coefficient (Wildman–Crippen LogP) is 7.53. The minimum atomic E-state index is -5.44. The van der Waals surface area contributed by atoms with Crippen molar-refractivity contribution in [3.05, 3.63) is 130 Å². The lowest BCUT2D eigenvalue weighted by Crippen LogP contribution is -2.48. The fourth-order valence-electron chi connectivity index (χ4n) is 5.97. The average molecular weight is 730 g/mol. The number of anilines is 1. The smallest absolute Gasteiger partial charge is 0.274 e. The molecule has 0 bridgehead atoms. The first-order chi connectivity index (χ1) is 24.3. The Kier molecular flexibility index (Phi) is 11.9. The van der Waals surface area contributed by atoms with Gasteiger partial charge in [0.2, 0.25) is 21.7 Å². The molecule has 0 unspecified atom stereocenters. The number of hydroxylamine groups is 1. The fraction of sp³-hybridized carbons (Fsp3) is 0.297. The van der Waals surface area contributed by atoms with Gasteiger partial charge in [0, 0.05) is 18.3 Å². The zero-order chi connectivity index (χ0) is 36.9. The van der Waals surface area contributed by atoms with Crippen LogP contribution in [-0.4, -0.2) is 37.6 Å². The van der Waals surface area contributed by atoms with E-state index in [1.807, 2.05) is 54.6 Å². The molecule has 0 radical (unpaired) electrons. The summed E-state index contributed by atoms with van der Waals surface area (Å²) >= 11 is 0. The number of halogens is 5. The zero-order valence-corrected chi connectivity index (χ0v) is 28.7. The molecular formula is C37H36F5N3O5S. The Labute approximate surface area is 292 Å². The molecule has 4 aromatic carbocycles. The van der Waals surface area contributed by atoms with Gasteiger partial charge in [-0.2, -0.15) is 4.31 Å². The van der Waals surface area contributed by atoms with Crippen LogP contribution in [0.15, 0.2) is 83.8 Å². The highest BCUT2D eigenvalue weighted by molar-refractivity contribution is 7.89. The Morgan fingerprint density at radius 2 is 1.35 bits per heavy atom. The van der Waals surface area contributed by atoms with Crippen LogP contribution in [0.4, 0.5) is 27.6 Å². The molecule has 8 nitrogen and oxygen atoms in total. The number of hydrogen-bond acceptors (Lipinski definition) is 5. The number of likely N-dealkylation sites (N-methyl/N-ethyl adjacent to an activating group) is 1. The van der Waals surface area contributed by atoms with Crippen LogP contribution in [0.25, 0.3) is 0 Å². The summed E-state index contributed by atoms with van der Waals surface area (Å²) in [6.07, 6.45) is 5.62. The van der Waals surface area contributed by atoms with Crippen molar-refractivity contribution < 1.29 is 44.8 Å². The summed E-state index contributed by atoms with van der Waals surface area (Å²) in [4.78, 5) is 31.2. The van der Waals surface area contributed by atoms with Gasteiger partial charge in [0.05, 0.1) is 13.2 Å². The Balaban J connectivity index is 1.41. The molecule has 1 aliphatic carbocycles. The Bertz CT molecular complexity index is 1950. The third-order valence-electron chi connectivity index (χ3n) is 9.06. The standard InChI is InChI=1S/C37H36F5N3O5S/c1-23(44(2)51(48,49)35-33(41)31(39)30(38)32(40)34(35)42)37(47)45(21-24-13-15-27(16-14-24)26-11-7-4-8-12-26)29-19-17-28(18-20-29)36(46)43-50-22-25-9-5-3-6-10-25/h3,5-6,9-10,13-20,23,26H,4,7-8,11-12,21-22H2,1-2H3,(H,43,46)/t23-/m1/s1. The number of amides is 2. The molecule has 4 aromatic rings. The Morgan fingerprint density at radius 3 is 1.94 bits per heavy atom. The molecule has 2 amide bonds. The number of sulfonamides is 1. The number of hydrogen-bond donors (Lipinski definition) is 1. The van der Waals surface area contributed by atoms with E-state index in [2.05, 4.69) is 5.48 Å². The van der Waals surface area contributed by atoms with Crippen molar-refractivity contribution in [1.29, 1.82) is 0 Å². The second kappa shape index (κ2) is 16.1. The van der Waals surface area contributed by atoms with Gasteiger partial charge in [-0.05, 0) is 66.6 Å². The minimum Gasteiger partial charge on any atom is -0.307 e. The lowest BCUT2D eigenvalue weighted by atomic mass is 9.84. The van der Waals surface area contributed by atoms with Crippen molar-refractivity contribution in [3.8, 4) is 0 Å². The van der Waals surface area contributed by atoms with Crippen LogP contribution in [0.5, 0.6) is 0 Å². The van der Waals surface area contributed by atoms with Crippen molar-refractivity contribution in [2.75, 3.05) is 11.9 Å². The molecule has 1 fully saturated rings. The molecule has 1 N–H and O–H groups in total. The average Bonchev–Trinajstić information content (AvgIpc) is 3.15. The summed E-state index contributed by atoms with van der Waals surface area (Å²) in [6.45, 7) is 1.15. The normalized spacial score (nSPS) is 14.4. The van der Waals surface area contributed by atoms with Crippen molar-refractivity contribution in [1.82, 2.24) is 9.79 Å². The molecule has 1 atom stereocenters. The lowest BCUT2D eigenvalue weighted by Gasteiger charge is -2.31. The second-order valence-corrected chi connectivity index (χ2v) is 14.3. The van der Waals surface area contributed by atoms with Crippen LogP contribution in [0, 0.1) is 29.1 Å². The molecule has 0 aromatic heterocycles. The molecule has 1 aliphatic rings. The molecule has 0 spiro atoms. The van der Waals surface area contributed by atoms with Gasteiger partial charge in [-0.15, -0.1) is 0 Å². The number of nitrogens with zero attached hydrogens (tertiary/aromatic N) is 2. The summed E-state index contributed by atoms with van der Waals surface area (Å²) in [5.74, 6) is -13.5. The van der Waals surface area contributed by atoms with E-state index < -0.39 is 61.9 Å². The topological polar surface area (TPSA) is 96.0 Å². The quantitative estimate of drug-likeness (QED) is 0.0704. The maximum absolute atomic E-state index is 14.6. The highest BCUT2D eigenvalue weighted by Gasteiger charge is 2.40. The van der Waals surface area contributed by atoms with Crippen LogP contribution >= 0.6 is 0 Å². The van der Waals surface area contributed by atoms with Gasteiger partial charge >= 0.3 is 0 Å². The van der Waals surface area contributed by atoms with E-state index in [1.165, 1.54) is 35.6 Å². The van der Waals surface area contributed by atoms with E-state index in [4.69, 9.17) is 4.84 Å². The van der Waals surface area contributed by atoms with E-state index in [1.54, 1.807) is 0 Å². The Hall–Kier alpha value is -4.66. The first-order valence-electron chi connectivity index (χ1n) is 16.3. The first-order valence-corrected chi connectivity index (χ1v) is 17.7. The molecular weight excluding hydrogens is 693 g/mol. The molecule has 14 heteroatoms. The van der Waals surface area contributed by atoms with E-state index in [0.29, 0.717) is 11.5 Å². The van der Waals surface area contributed by atoms with E-state index in [9.17, 15) is 40.0 Å². The number of carbonyl (C=O) groups is 2. The minimum absolute atomic E-state index is 0.0870. The van der Waals surface area contributed by atoms with Gasteiger partial charge in [0.25, 0.3) is 5.91 Å². The van der Waals surface area contributed by atoms with Gasteiger partial charge in [-0.25, -0.2) is 35.8 Å². The van der Waals surface area contributed by atoms with Crippen LogP contribution in [0.2, 0.25) is 0 Å². The summed E-state index contributed by atoms with van der Waals surface area (Å²) in [6, 6.07) is 20.8. The maximum atomic E-state index is 14.6. The fourth-order valence-corrected chi connectivity index (χ4v) is 7.39. The Morgan fingerprint density at radius 1 is 0.784 bits per heavy atom. The van der Waals surface area contributed by atoms with Crippen LogP contribution in [0.3, 0.4) is 0 Å². The van der Waals surface area contributed by atoms with E-state index in [0.717, 1.165) is 50.8 Å². The summed E-state index contributed by atoms with van der Waals surface area (Å²) in [5.41, 5.74) is 5.40. The van der Waals surface area contributed by atoms with Crippen molar-refractivity contribution >= 4 is 27.5 Å². The van der Waals surface area contributed by atoms with Crippen molar-refractivity contribution in [2.24, 2.45) is 0 Å². The molecule has 51 heavy (non-hydrogen) atoms. The first kappa shape index (κ1) is 37.6. The third kappa shape index (κ3) is 8.29. The van der Waals surface area contributed by atoms with Crippen LogP contribution < -0.4 is 10.4 Å². The van der Waals surface area contributed by atoms with Gasteiger partial charge < -0.3 is 4.90 Å². The number of benzene rings is 4. The van der Waals surface area contributed by atoms with Gasteiger partial charge in [0.15, 0.2) is 28.2 Å². The van der Waals surface area contributed by atoms with E-state index >= 15 is 0 Å². The van der Waals surface area contributed by atoms with Crippen LogP contribution in [0.1, 0.15) is 72.0 Å². The summed E-state index contributed by atoms with van der Waals surface area (Å²) < 4.78 is 97.7. The van der Waals surface area contributed by atoms with Gasteiger partial charge in [0.1, 0.15) is 6.04 Å². The van der Waals surface area contributed by atoms with Crippen LogP contribution in [-0.2, 0) is 32.8 Å². The van der Waals surface area contributed by atoms with E-state index in [-0.39, 0.29) is 28.7 Å². The monoisotopic (exact) mass is 729 g/mol. The molecule has 270 valence electrons. The number of carbonyl (C=O) groups excluding carboxylic acids is 2. The number of rotatable bonds is 12. The maximum Gasteiger partial charge on any atom is 0.274 e. The lowest BCUT2D eigenvalue weighted by molar-refractivity contribution is -0.121. The second-order valence-electron chi connectivity index (χ2n) is 12.3. The highest BCUT2D eigenvalue weighted by atomic mass is 32.2.